The first-order valence-corrected chi connectivity index (χ1v) is 8.66. The maximum absolute atomic E-state index is 13.3. The Balaban J connectivity index is 1.47. The Kier molecular flexibility index (Phi) is 5.97. The van der Waals surface area contributed by atoms with Gasteiger partial charge in [0, 0.05) is 30.2 Å². The van der Waals surface area contributed by atoms with Gasteiger partial charge in [0.25, 0.3) is 5.56 Å². The molecule has 0 unspecified atom stereocenters. The van der Waals surface area contributed by atoms with Gasteiger partial charge in [-0.25, -0.2) is 9.89 Å². The summed E-state index contributed by atoms with van der Waals surface area (Å²) in [5, 5.41) is 26.5. The van der Waals surface area contributed by atoms with Crippen LogP contribution in [0.1, 0.15) is 6.42 Å². The summed E-state index contributed by atoms with van der Waals surface area (Å²) in [5.41, 5.74) is -0.879. The highest BCUT2D eigenvalue weighted by Crippen LogP contribution is 2.21. The van der Waals surface area contributed by atoms with Crippen LogP contribution in [-0.4, -0.2) is 34.2 Å². The lowest BCUT2D eigenvalue weighted by Gasteiger charge is -2.09. The van der Waals surface area contributed by atoms with Gasteiger partial charge in [-0.3, -0.25) is 14.9 Å². The van der Waals surface area contributed by atoms with E-state index in [1.54, 1.807) is 24.3 Å². The van der Waals surface area contributed by atoms with Crippen molar-refractivity contribution < 1.29 is 14.1 Å². The Labute approximate surface area is 163 Å². The van der Waals surface area contributed by atoms with Gasteiger partial charge in [0.15, 0.2) is 5.82 Å². The van der Waals surface area contributed by atoms with Gasteiger partial charge in [-0.1, -0.05) is 18.2 Å². The van der Waals surface area contributed by atoms with Crippen molar-refractivity contribution in [3.8, 4) is 0 Å². The second-order valence-electron chi connectivity index (χ2n) is 6.03. The van der Waals surface area contributed by atoms with Gasteiger partial charge in [-0.05, 0) is 24.6 Å². The number of benzene rings is 2. The molecule has 0 aliphatic heterocycles. The van der Waals surface area contributed by atoms with Gasteiger partial charge in [0.2, 0.25) is 5.82 Å². The number of hydrogen-bond acceptors (Lipinski definition) is 6. The van der Waals surface area contributed by atoms with Crippen LogP contribution in [0.5, 0.6) is 0 Å². The van der Waals surface area contributed by atoms with E-state index in [0.717, 1.165) is 12.1 Å². The number of nitrogens with one attached hydrogen (secondary N) is 4. The van der Waals surface area contributed by atoms with Crippen LogP contribution < -0.4 is 21.5 Å². The Hall–Kier alpha value is -4.02. The topological polar surface area (TPSA) is 142 Å². The zero-order chi connectivity index (χ0) is 20.8. The van der Waals surface area contributed by atoms with E-state index in [1.807, 2.05) is 0 Å². The fraction of sp³-hybridized carbons (Fsp3) is 0.167. The predicted molar refractivity (Wildman–Crippen MR) is 106 cm³/mol. The zero-order valence-electron chi connectivity index (χ0n) is 15.1. The molecule has 0 saturated heterocycles. The number of hydrogen-bond donors (Lipinski definition) is 4. The molecule has 2 aromatic carbocycles. The molecule has 1 aromatic heterocycles. The van der Waals surface area contributed by atoms with E-state index in [1.165, 1.54) is 6.07 Å². The lowest BCUT2D eigenvalue weighted by molar-refractivity contribution is -0.387. The van der Waals surface area contributed by atoms with Gasteiger partial charge in [-0.2, -0.15) is 9.49 Å². The molecule has 0 atom stereocenters. The van der Waals surface area contributed by atoms with Crippen molar-refractivity contribution in [2.24, 2.45) is 0 Å². The smallest absolute Gasteiger partial charge is 0.319 e. The Morgan fingerprint density at radius 1 is 1.17 bits per heavy atom. The number of nitrogens with zero attached hydrogens (tertiary/aromatic N) is 2. The molecule has 1 heterocycles. The zero-order valence-corrected chi connectivity index (χ0v) is 15.1. The van der Waals surface area contributed by atoms with Crippen molar-refractivity contribution >= 4 is 34.0 Å². The number of amides is 2. The second kappa shape index (κ2) is 8.78. The van der Waals surface area contributed by atoms with Crippen molar-refractivity contribution in [1.29, 1.82) is 0 Å². The molecule has 0 bridgehead atoms. The average Bonchev–Trinajstić information content (AvgIpc) is 2.71. The van der Waals surface area contributed by atoms with E-state index >= 15 is 0 Å². The van der Waals surface area contributed by atoms with Crippen LogP contribution >= 0.6 is 0 Å². The van der Waals surface area contributed by atoms with Gasteiger partial charge in [0.1, 0.15) is 0 Å². The maximum atomic E-state index is 13.3. The number of anilines is 2. The molecule has 2 amide bonds. The molecule has 29 heavy (non-hydrogen) atoms. The minimum absolute atomic E-state index is 0.109. The summed E-state index contributed by atoms with van der Waals surface area (Å²) in [6.07, 6.45) is 0.548. The number of halogens is 1. The average molecular weight is 400 g/mol. The maximum Gasteiger partial charge on any atom is 0.319 e. The van der Waals surface area contributed by atoms with Crippen molar-refractivity contribution in [1.82, 2.24) is 15.5 Å². The van der Waals surface area contributed by atoms with Crippen LogP contribution in [0.15, 0.2) is 47.3 Å². The van der Waals surface area contributed by atoms with Gasteiger partial charge < -0.3 is 16.0 Å². The van der Waals surface area contributed by atoms with Gasteiger partial charge in [0.05, 0.1) is 10.3 Å². The first-order valence-electron chi connectivity index (χ1n) is 8.66. The first-order chi connectivity index (χ1) is 14.0. The molecule has 0 spiro atoms. The molecule has 11 heteroatoms. The van der Waals surface area contributed by atoms with Crippen LogP contribution in [0.3, 0.4) is 0 Å². The highest BCUT2D eigenvalue weighted by molar-refractivity contribution is 5.91. The molecule has 0 aliphatic carbocycles. The molecule has 10 nitrogen and oxygen atoms in total. The lowest BCUT2D eigenvalue weighted by Crippen LogP contribution is -2.30. The molecule has 3 aromatic rings. The number of aromatic nitrogens is 2. The summed E-state index contributed by atoms with van der Waals surface area (Å²) >= 11 is 0. The normalized spacial score (nSPS) is 10.5. The van der Waals surface area contributed by atoms with E-state index in [0.29, 0.717) is 36.1 Å². The Bertz CT molecular complexity index is 1120. The number of carbonyl (C=O) groups is 1. The fourth-order valence-electron chi connectivity index (χ4n) is 2.65. The van der Waals surface area contributed by atoms with E-state index in [9.17, 15) is 24.1 Å². The lowest BCUT2D eigenvalue weighted by atomic mass is 10.2. The first kappa shape index (κ1) is 19.7. The molecule has 3 rings (SSSR count). The highest BCUT2D eigenvalue weighted by Gasteiger charge is 2.15. The molecule has 4 N–H and O–H groups in total. The standard InChI is InChI=1S/C18H17FN6O4/c19-14-7-6-11(10-15(14)25(28)29)22-18(27)21-9-3-8-20-16-12-4-1-2-5-13(12)17(26)24-23-16/h1-2,4-7,10H,3,8-9H2,(H,20,23)(H,24,26)(H2,21,22,27). The van der Waals surface area contributed by atoms with Crippen molar-refractivity contribution in [2.45, 2.75) is 6.42 Å². The van der Waals surface area contributed by atoms with Crippen LogP contribution in [0.4, 0.5) is 26.4 Å². The highest BCUT2D eigenvalue weighted by atomic mass is 19.1. The number of aromatic amines is 1. The summed E-state index contributed by atoms with van der Waals surface area (Å²) in [5.74, 6) is -0.446. The van der Waals surface area contributed by atoms with Crippen LogP contribution in [0.2, 0.25) is 0 Å². The largest absolute Gasteiger partial charge is 0.368 e. The number of carbonyl (C=O) groups excluding carboxylic acids is 1. The predicted octanol–water partition coefficient (Wildman–Crippen LogP) is 2.59. The monoisotopic (exact) mass is 400 g/mol. The van der Waals surface area contributed by atoms with Crippen LogP contribution in [-0.2, 0) is 0 Å². The van der Waals surface area contributed by atoms with Crippen molar-refractivity contribution in [3.63, 3.8) is 0 Å². The Morgan fingerprint density at radius 2 is 1.93 bits per heavy atom. The third kappa shape index (κ3) is 4.83. The molecule has 150 valence electrons. The van der Waals surface area contributed by atoms with E-state index in [2.05, 4.69) is 26.1 Å². The van der Waals surface area contributed by atoms with Gasteiger partial charge in [-0.15, -0.1) is 0 Å². The summed E-state index contributed by atoms with van der Waals surface area (Å²) in [4.78, 5) is 33.5. The summed E-state index contributed by atoms with van der Waals surface area (Å²) in [6, 6.07) is 9.58. The summed E-state index contributed by atoms with van der Waals surface area (Å²) in [7, 11) is 0. The van der Waals surface area contributed by atoms with Crippen LogP contribution in [0, 0.1) is 15.9 Å². The number of nitro benzene ring substituents is 1. The number of fused-ring (bicyclic) bond motifs is 1. The Morgan fingerprint density at radius 3 is 2.69 bits per heavy atom. The molecule has 0 fully saturated rings. The molecule has 0 aliphatic rings. The number of urea groups is 1. The molecular weight excluding hydrogens is 383 g/mol. The quantitative estimate of drug-likeness (QED) is 0.273. The fourth-order valence-corrected chi connectivity index (χ4v) is 2.65. The van der Waals surface area contributed by atoms with Crippen LogP contribution in [0.25, 0.3) is 10.8 Å². The molecule has 0 saturated carbocycles. The van der Waals surface area contributed by atoms with E-state index in [4.69, 9.17) is 0 Å². The van der Waals surface area contributed by atoms with Crippen molar-refractivity contribution in [2.75, 3.05) is 23.7 Å². The minimum atomic E-state index is -0.976. The summed E-state index contributed by atoms with van der Waals surface area (Å²) in [6.45, 7) is 0.786. The third-order valence-corrected chi connectivity index (χ3v) is 4.03. The number of rotatable bonds is 7. The van der Waals surface area contributed by atoms with Crippen molar-refractivity contribution in [3.05, 3.63) is 68.7 Å². The number of nitro groups is 1. The number of H-pyrrole nitrogens is 1. The van der Waals surface area contributed by atoms with E-state index in [-0.39, 0.29) is 11.2 Å². The molecular formula is C18H17FN6O4. The third-order valence-electron chi connectivity index (χ3n) is 4.03. The molecule has 0 radical (unpaired) electrons. The SMILES string of the molecule is O=C(NCCCNc1n[nH]c(=O)c2ccccc12)Nc1ccc(F)c([N+](=O)[O-])c1. The van der Waals surface area contributed by atoms with E-state index < -0.39 is 22.5 Å². The summed E-state index contributed by atoms with van der Waals surface area (Å²) < 4.78 is 13.3. The second-order valence-corrected chi connectivity index (χ2v) is 6.03. The minimum Gasteiger partial charge on any atom is -0.368 e. The van der Waals surface area contributed by atoms with Gasteiger partial charge >= 0.3 is 11.7 Å².